The van der Waals surface area contributed by atoms with Gasteiger partial charge in [-0.05, 0) is 54.3 Å². The van der Waals surface area contributed by atoms with Crippen LogP contribution in [0.2, 0.25) is 0 Å². The topological polar surface area (TPSA) is 94.4 Å². The first-order valence-corrected chi connectivity index (χ1v) is 13.1. The molecule has 5 aromatic rings. The number of nitrogens with zero attached hydrogens (tertiary/aromatic N) is 3. The Bertz CT molecular complexity index is 1760. The summed E-state index contributed by atoms with van der Waals surface area (Å²) in [4.78, 5) is 34.3. The van der Waals surface area contributed by atoms with Crippen molar-refractivity contribution in [2.75, 3.05) is 13.1 Å². The van der Waals surface area contributed by atoms with Gasteiger partial charge in [-0.1, -0.05) is 50.2 Å². The predicted octanol–water partition coefficient (Wildman–Crippen LogP) is 5.58. The fourth-order valence-corrected chi connectivity index (χ4v) is 5.05. The Labute approximate surface area is 229 Å². The van der Waals surface area contributed by atoms with Crippen LogP contribution >= 0.6 is 0 Å². The lowest BCUT2D eigenvalue weighted by Crippen LogP contribution is -2.43. The Morgan fingerprint density at radius 3 is 2.50 bits per heavy atom. The number of nitrogens with two attached hydrogens (primary N) is 1. The van der Waals surface area contributed by atoms with Gasteiger partial charge in [-0.25, -0.2) is 13.8 Å². The number of hydrogen-bond acceptors (Lipinski definition) is 5. The number of hydrogen-bond donors (Lipinski definition) is 1. The molecule has 0 saturated heterocycles. The molecule has 40 heavy (non-hydrogen) atoms. The van der Waals surface area contributed by atoms with Crippen LogP contribution in [0.3, 0.4) is 0 Å². The highest BCUT2D eigenvalue weighted by Crippen LogP contribution is 2.33. The molecule has 5 rings (SSSR count). The molecule has 0 aliphatic rings. The van der Waals surface area contributed by atoms with Gasteiger partial charge in [0.05, 0.1) is 12.6 Å². The van der Waals surface area contributed by atoms with Crippen LogP contribution in [0.25, 0.3) is 22.1 Å². The number of benzene rings is 3. The molecule has 0 fully saturated rings. The van der Waals surface area contributed by atoms with Gasteiger partial charge in [0, 0.05) is 24.0 Å². The first-order valence-electron chi connectivity index (χ1n) is 13.1. The van der Waals surface area contributed by atoms with Crippen molar-refractivity contribution < 1.29 is 18.0 Å². The Kier molecular flexibility index (Phi) is 7.49. The van der Waals surface area contributed by atoms with Gasteiger partial charge in [0.2, 0.25) is 5.58 Å². The molecule has 0 radical (unpaired) electrons. The number of carbonyl (C=O) groups is 1. The minimum Gasteiger partial charge on any atom is -0.448 e. The lowest BCUT2D eigenvalue weighted by atomic mass is 9.99. The summed E-state index contributed by atoms with van der Waals surface area (Å²) in [6.07, 6.45) is 0. The van der Waals surface area contributed by atoms with Crippen LogP contribution in [0.4, 0.5) is 8.78 Å². The quantitative estimate of drug-likeness (QED) is 0.275. The third kappa shape index (κ3) is 5.00. The van der Waals surface area contributed by atoms with Crippen LogP contribution in [0.1, 0.15) is 47.2 Å². The number of furan rings is 1. The normalized spacial score (nSPS) is 12.4. The number of carbonyl (C=O) groups excluding carboxylic acids is 1. The van der Waals surface area contributed by atoms with E-state index in [1.165, 1.54) is 33.7 Å². The molecule has 0 saturated carbocycles. The smallest absolute Gasteiger partial charge is 0.297 e. The number of fused-ring (bicyclic) bond motifs is 3. The highest BCUT2D eigenvalue weighted by Gasteiger charge is 2.33. The fraction of sp³-hybridized carbons (Fsp3) is 0.258. The van der Waals surface area contributed by atoms with Crippen LogP contribution in [0.15, 0.2) is 75.9 Å². The third-order valence-electron chi connectivity index (χ3n) is 7.03. The predicted molar refractivity (Wildman–Crippen MR) is 150 cm³/mol. The molecule has 2 N–H and O–H groups in total. The first-order chi connectivity index (χ1) is 19.2. The summed E-state index contributed by atoms with van der Waals surface area (Å²) in [5.41, 5.74) is 7.48. The average Bonchev–Trinajstić information content (AvgIpc) is 3.30. The standard InChI is InChI=1S/C31H30F2N4O3/c1-18(2)27(36(14-13-34)30(38)21-10-9-19(3)24(33)15-21)29-35-26-23-16-22(32)11-12-25(23)40-28(26)31(39)37(29)17-20-7-5-4-6-8-20/h4-12,15-16,18,27H,13-14,17,34H2,1-3H3/t27-/m1/s1. The summed E-state index contributed by atoms with van der Waals surface area (Å²) in [6.45, 7) is 5.88. The zero-order valence-corrected chi connectivity index (χ0v) is 22.5. The van der Waals surface area contributed by atoms with Crippen LogP contribution in [-0.2, 0) is 6.54 Å². The SMILES string of the molecule is Cc1ccc(C(=O)N(CCN)[C@@H](c2nc3c(oc4ccc(F)cc43)c(=O)n2Cc2ccccc2)C(C)C)cc1F. The number of halogens is 2. The molecule has 7 nitrogen and oxygen atoms in total. The van der Waals surface area contributed by atoms with Crippen molar-refractivity contribution in [1.29, 1.82) is 0 Å². The lowest BCUT2D eigenvalue weighted by Gasteiger charge is -2.35. The van der Waals surface area contributed by atoms with Crippen molar-refractivity contribution in [3.05, 3.63) is 111 Å². The van der Waals surface area contributed by atoms with E-state index in [2.05, 4.69) is 0 Å². The van der Waals surface area contributed by atoms with E-state index in [4.69, 9.17) is 15.1 Å². The number of rotatable bonds is 8. The molecule has 0 aliphatic carbocycles. The van der Waals surface area contributed by atoms with Crippen LogP contribution < -0.4 is 11.3 Å². The first kappa shape index (κ1) is 27.2. The highest BCUT2D eigenvalue weighted by atomic mass is 19.1. The fourth-order valence-electron chi connectivity index (χ4n) is 5.05. The molecule has 0 spiro atoms. The van der Waals surface area contributed by atoms with Crippen LogP contribution in [0.5, 0.6) is 0 Å². The largest absolute Gasteiger partial charge is 0.448 e. The Morgan fingerprint density at radius 1 is 1.07 bits per heavy atom. The minimum absolute atomic E-state index is 0.0000873. The van der Waals surface area contributed by atoms with Crippen molar-refractivity contribution in [2.24, 2.45) is 11.7 Å². The van der Waals surface area contributed by atoms with E-state index in [1.54, 1.807) is 19.1 Å². The number of aryl methyl sites for hydroxylation is 1. The molecule has 0 unspecified atom stereocenters. The second-order valence-electron chi connectivity index (χ2n) is 10.2. The third-order valence-corrected chi connectivity index (χ3v) is 7.03. The van der Waals surface area contributed by atoms with E-state index < -0.39 is 29.1 Å². The van der Waals surface area contributed by atoms with E-state index >= 15 is 0 Å². The van der Waals surface area contributed by atoms with E-state index in [0.29, 0.717) is 22.4 Å². The van der Waals surface area contributed by atoms with Gasteiger partial charge in [0.25, 0.3) is 11.5 Å². The maximum Gasteiger partial charge on any atom is 0.297 e. The van der Waals surface area contributed by atoms with Gasteiger partial charge in [0.15, 0.2) is 0 Å². The summed E-state index contributed by atoms with van der Waals surface area (Å²) >= 11 is 0. The summed E-state index contributed by atoms with van der Waals surface area (Å²) in [6, 6.07) is 17.0. The number of aromatic nitrogens is 2. The van der Waals surface area contributed by atoms with Crippen LogP contribution in [-0.4, -0.2) is 33.4 Å². The van der Waals surface area contributed by atoms with Gasteiger partial charge in [-0.3, -0.25) is 14.2 Å². The van der Waals surface area contributed by atoms with Crippen molar-refractivity contribution in [3.8, 4) is 0 Å². The van der Waals surface area contributed by atoms with Crippen LogP contribution in [0, 0.1) is 24.5 Å². The lowest BCUT2D eigenvalue weighted by molar-refractivity contribution is 0.0612. The molecule has 3 aromatic carbocycles. The Balaban J connectivity index is 1.76. The van der Waals surface area contributed by atoms with Gasteiger partial charge in [-0.2, -0.15) is 0 Å². The van der Waals surface area contributed by atoms with Crippen molar-refractivity contribution in [2.45, 2.75) is 33.4 Å². The average molecular weight is 545 g/mol. The molecule has 0 bridgehead atoms. The minimum atomic E-state index is -0.722. The molecule has 206 valence electrons. The highest BCUT2D eigenvalue weighted by molar-refractivity contribution is 6.02. The van der Waals surface area contributed by atoms with Gasteiger partial charge in [0.1, 0.15) is 28.6 Å². The van der Waals surface area contributed by atoms with E-state index in [-0.39, 0.29) is 42.2 Å². The molecule has 0 aliphatic heterocycles. The van der Waals surface area contributed by atoms with Gasteiger partial charge >= 0.3 is 0 Å². The zero-order valence-electron chi connectivity index (χ0n) is 22.5. The van der Waals surface area contributed by atoms with Crippen molar-refractivity contribution in [1.82, 2.24) is 14.5 Å². The maximum absolute atomic E-state index is 14.5. The Morgan fingerprint density at radius 2 is 1.82 bits per heavy atom. The monoisotopic (exact) mass is 544 g/mol. The summed E-state index contributed by atoms with van der Waals surface area (Å²) < 4.78 is 36.0. The summed E-state index contributed by atoms with van der Waals surface area (Å²) in [5, 5.41) is 0.361. The molecule has 2 aromatic heterocycles. The number of amides is 1. The maximum atomic E-state index is 14.5. The Hall–Kier alpha value is -4.37. The second kappa shape index (κ2) is 11.0. The molecule has 9 heteroatoms. The molecular formula is C31H30F2N4O3. The zero-order chi connectivity index (χ0) is 28.6. The van der Waals surface area contributed by atoms with E-state index in [0.717, 1.165) is 5.56 Å². The second-order valence-corrected chi connectivity index (χ2v) is 10.2. The van der Waals surface area contributed by atoms with E-state index in [1.807, 2.05) is 44.2 Å². The molecule has 1 atom stereocenters. The van der Waals surface area contributed by atoms with Crippen molar-refractivity contribution in [3.63, 3.8) is 0 Å². The summed E-state index contributed by atoms with van der Waals surface area (Å²) in [5.74, 6) is -1.35. The molecule has 2 heterocycles. The summed E-state index contributed by atoms with van der Waals surface area (Å²) in [7, 11) is 0. The molecular weight excluding hydrogens is 514 g/mol. The molecule has 1 amide bonds. The van der Waals surface area contributed by atoms with E-state index in [9.17, 15) is 18.4 Å². The van der Waals surface area contributed by atoms with Gasteiger partial charge in [-0.15, -0.1) is 0 Å². The van der Waals surface area contributed by atoms with Crippen molar-refractivity contribution >= 4 is 28.0 Å². The van der Waals surface area contributed by atoms with Gasteiger partial charge < -0.3 is 15.1 Å².